The number of benzene rings is 2. The minimum atomic E-state index is -0.675. The van der Waals surface area contributed by atoms with Crippen molar-refractivity contribution in [3.8, 4) is 23.0 Å². The average Bonchev–Trinajstić information content (AvgIpc) is 2.87. The maximum Gasteiger partial charge on any atom is 0.342 e. The van der Waals surface area contributed by atoms with E-state index in [4.69, 9.17) is 18.9 Å². The molecule has 2 aromatic rings. The van der Waals surface area contributed by atoms with Crippen LogP contribution >= 0.6 is 0 Å². The molecule has 0 spiro atoms. The molecule has 0 radical (unpaired) electrons. The van der Waals surface area contributed by atoms with Gasteiger partial charge in [0.05, 0.1) is 25.7 Å². The molecule has 0 aliphatic carbocycles. The zero-order chi connectivity index (χ0) is 28.1. The highest BCUT2D eigenvalue weighted by atomic mass is 16.5. The van der Waals surface area contributed by atoms with Crippen LogP contribution in [0.25, 0.3) is 6.08 Å². The van der Waals surface area contributed by atoms with Crippen LogP contribution < -0.4 is 14.2 Å². The van der Waals surface area contributed by atoms with Crippen LogP contribution in [0, 0.1) is 0 Å². The lowest BCUT2D eigenvalue weighted by atomic mass is 9.83. The second kappa shape index (κ2) is 12.4. The van der Waals surface area contributed by atoms with Gasteiger partial charge in [0.15, 0.2) is 11.5 Å². The summed E-state index contributed by atoms with van der Waals surface area (Å²) in [6, 6.07) is 6.97. The molecule has 0 saturated carbocycles. The first-order valence-corrected chi connectivity index (χ1v) is 13.5. The summed E-state index contributed by atoms with van der Waals surface area (Å²) in [5.74, 6) is -0.753. The molecule has 0 saturated heterocycles. The molecule has 39 heavy (non-hydrogen) atoms. The SMILES string of the molecule is COc1cccc([C@H]2CC(=O)Oc3cc4c(c(O)c32)C(=O)O[C@@H](C)CCCC(=O)CCCC=C4)c1OC(C)C. The predicted molar refractivity (Wildman–Crippen MR) is 146 cm³/mol. The largest absolute Gasteiger partial charge is 0.507 e. The van der Waals surface area contributed by atoms with Crippen LogP contribution in [-0.4, -0.2) is 42.1 Å². The highest BCUT2D eigenvalue weighted by Crippen LogP contribution is 2.50. The van der Waals surface area contributed by atoms with E-state index in [1.807, 2.05) is 26.0 Å². The number of phenolic OH excluding ortho intramolecular Hbond substituents is 1. The van der Waals surface area contributed by atoms with Gasteiger partial charge < -0.3 is 24.1 Å². The molecule has 4 rings (SSSR count). The van der Waals surface area contributed by atoms with Gasteiger partial charge in [-0.1, -0.05) is 24.3 Å². The standard InChI is InChI=1S/C31H36O8/c1-18(2)37-30-22(14-9-15-24(30)36-4)23-17-26(33)39-25-16-20-11-6-5-7-12-21(32)13-8-10-19(3)38-31(35)27(20)29(34)28(23)25/h6,9,11,14-16,18-19,23,34H,5,7-8,10,12-13,17H2,1-4H3/t19-,23+/m0/s1. The predicted octanol–water partition coefficient (Wildman–Crippen LogP) is 6.11. The Hall–Kier alpha value is -3.81. The van der Waals surface area contributed by atoms with Crippen molar-refractivity contribution in [3.63, 3.8) is 0 Å². The number of hydrogen-bond acceptors (Lipinski definition) is 8. The van der Waals surface area contributed by atoms with Crippen molar-refractivity contribution in [1.82, 2.24) is 0 Å². The second-order valence-electron chi connectivity index (χ2n) is 10.3. The zero-order valence-corrected chi connectivity index (χ0v) is 23.0. The summed E-state index contributed by atoms with van der Waals surface area (Å²) in [4.78, 5) is 38.3. The van der Waals surface area contributed by atoms with Crippen LogP contribution in [0.1, 0.15) is 98.7 Å². The molecule has 1 N–H and O–H groups in total. The van der Waals surface area contributed by atoms with Crippen molar-refractivity contribution in [2.24, 2.45) is 0 Å². The van der Waals surface area contributed by atoms with Crippen LogP contribution in [0.5, 0.6) is 23.0 Å². The van der Waals surface area contributed by atoms with E-state index in [0.717, 1.165) is 0 Å². The summed E-state index contributed by atoms with van der Waals surface area (Å²) >= 11 is 0. The lowest BCUT2D eigenvalue weighted by Gasteiger charge is -2.29. The number of cyclic esters (lactones) is 1. The summed E-state index contributed by atoms with van der Waals surface area (Å²) in [5.41, 5.74) is 1.35. The number of hydrogen-bond donors (Lipinski definition) is 1. The van der Waals surface area contributed by atoms with E-state index in [-0.39, 0.29) is 35.4 Å². The molecule has 2 heterocycles. The van der Waals surface area contributed by atoms with Gasteiger partial charge >= 0.3 is 11.9 Å². The number of phenols is 1. The van der Waals surface area contributed by atoms with E-state index in [0.29, 0.717) is 66.7 Å². The van der Waals surface area contributed by atoms with Gasteiger partial charge in [0, 0.05) is 29.9 Å². The van der Waals surface area contributed by atoms with Gasteiger partial charge in [-0.15, -0.1) is 0 Å². The minimum absolute atomic E-state index is 0.0159. The Bertz CT molecular complexity index is 1280. The third kappa shape index (κ3) is 6.44. The molecule has 2 aliphatic rings. The van der Waals surface area contributed by atoms with Crippen molar-refractivity contribution in [2.75, 3.05) is 7.11 Å². The molecule has 0 fully saturated rings. The fourth-order valence-corrected chi connectivity index (χ4v) is 5.11. The fraction of sp³-hybridized carbons (Fsp3) is 0.452. The van der Waals surface area contributed by atoms with Gasteiger partial charge in [0.25, 0.3) is 0 Å². The lowest BCUT2D eigenvalue weighted by Crippen LogP contribution is -2.24. The Balaban J connectivity index is 1.87. The lowest BCUT2D eigenvalue weighted by molar-refractivity contribution is -0.135. The molecule has 8 heteroatoms. The van der Waals surface area contributed by atoms with Crippen molar-refractivity contribution < 1.29 is 38.4 Å². The number of rotatable bonds is 4. The number of ketones is 1. The Labute approximate surface area is 228 Å². The molecular formula is C31H36O8. The Morgan fingerprint density at radius 1 is 1.10 bits per heavy atom. The molecule has 0 unspecified atom stereocenters. The molecule has 0 bridgehead atoms. The van der Waals surface area contributed by atoms with E-state index in [2.05, 4.69) is 0 Å². The van der Waals surface area contributed by atoms with Gasteiger partial charge in [0.2, 0.25) is 0 Å². The van der Waals surface area contributed by atoms with E-state index in [1.54, 1.807) is 31.2 Å². The molecular weight excluding hydrogens is 500 g/mol. The van der Waals surface area contributed by atoms with E-state index in [1.165, 1.54) is 7.11 Å². The Morgan fingerprint density at radius 3 is 2.62 bits per heavy atom. The number of ether oxygens (including phenoxy) is 4. The number of allylic oxidation sites excluding steroid dienone is 1. The van der Waals surface area contributed by atoms with Crippen molar-refractivity contribution in [1.29, 1.82) is 0 Å². The summed E-state index contributed by atoms with van der Waals surface area (Å²) in [7, 11) is 1.54. The molecule has 2 aliphatic heterocycles. The summed E-state index contributed by atoms with van der Waals surface area (Å²) < 4.78 is 22.9. The average molecular weight is 537 g/mol. The van der Waals surface area contributed by atoms with E-state index >= 15 is 0 Å². The smallest absolute Gasteiger partial charge is 0.342 e. The molecule has 2 atom stereocenters. The van der Waals surface area contributed by atoms with Crippen molar-refractivity contribution in [3.05, 3.63) is 52.6 Å². The summed E-state index contributed by atoms with van der Waals surface area (Å²) in [5, 5.41) is 11.7. The van der Waals surface area contributed by atoms with Gasteiger partial charge in [-0.3, -0.25) is 9.59 Å². The third-order valence-electron chi connectivity index (χ3n) is 6.94. The van der Waals surface area contributed by atoms with Crippen LogP contribution in [-0.2, 0) is 14.3 Å². The number of methoxy groups -OCH3 is 1. The van der Waals surface area contributed by atoms with Gasteiger partial charge in [-0.25, -0.2) is 4.79 Å². The quantitative estimate of drug-likeness (QED) is 0.368. The first-order valence-electron chi connectivity index (χ1n) is 13.5. The number of carbonyl (C=O) groups excluding carboxylic acids is 3. The van der Waals surface area contributed by atoms with Crippen molar-refractivity contribution in [2.45, 2.75) is 83.8 Å². The van der Waals surface area contributed by atoms with Crippen molar-refractivity contribution >= 4 is 23.8 Å². The van der Waals surface area contributed by atoms with Gasteiger partial charge in [-0.2, -0.15) is 0 Å². The fourth-order valence-electron chi connectivity index (χ4n) is 5.11. The number of Topliss-reactive ketones (excluding diaryl/α,β-unsaturated/α-hetero) is 1. The zero-order valence-electron chi connectivity index (χ0n) is 23.0. The van der Waals surface area contributed by atoms with Crippen LogP contribution in [0.2, 0.25) is 0 Å². The highest BCUT2D eigenvalue weighted by Gasteiger charge is 2.37. The normalized spacial score (nSPS) is 20.4. The second-order valence-corrected chi connectivity index (χ2v) is 10.3. The molecule has 208 valence electrons. The van der Waals surface area contributed by atoms with E-state index < -0.39 is 24.0 Å². The van der Waals surface area contributed by atoms with Crippen LogP contribution in [0.3, 0.4) is 0 Å². The number of fused-ring (bicyclic) bond motifs is 2. The monoisotopic (exact) mass is 536 g/mol. The molecule has 0 aromatic heterocycles. The molecule has 0 amide bonds. The number of aromatic hydroxyl groups is 1. The third-order valence-corrected chi connectivity index (χ3v) is 6.94. The highest BCUT2D eigenvalue weighted by molar-refractivity contribution is 5.98. The number of esters is 2. The van der Waals surface area contributed by atoms with Crippen LogP contribution in [0.4, 0.5) is 0 Å². The Kier molecular flexibility index (Phi) is 8.94. The Morgan fingerprint density at radius 2 is 1.87 bits per heavy atom. The minimum Gasteiger partial charge on any atom is -0.507 e. The number of para-hydroxylation sites is 1. The maximum absolute atomic E-state index is 13.4. The summed E-state index contributed by atoms with van der Waals surface area (Å²) in [6.45, 7) is 5.55. The molecule has 8 nitrogen and oxygen atoms in total. The first kappa shape index (κ1) is 28.2. The molecule has 2 aromatic carbocycles. The van der Waals surface area contributed by atoms with E-state index in [9.17, 15) is 19.5 Å². The summed E-state index contributed by atoms with van der Waals surface area (Å²) in [6.07, 6.45) is 6.28. The van der Waals surface area contributed by atoms with Gasteiger partial charge in [-0.05, 0) is 64.2 Å². The maximum atomic E-state index is 13.4. The first-order chi connectivity index (χ1) is 18.7. The van der Waals surface area contributed by atoms with Gasteiger partial charge in [0.1, 0.15) is 22.8 Å². The number of carbonyl (C=O) groups is 3. The topological polar surface area (TPSA) is 108 Å². The van der Waals surface area contributed by atoms with Crippen LogP contribution in [0.15, 0.2) is 30.3 Å².